The second-order valence-corrected chi connectivity index (χ2v) is 7.04. The van der Waals surface area contributed by atoms with Gasteiger partial charge in [0.1, 0.15) is 0 Å². The molecule has 2 aliphatic heterocycles. The smallest absolute Gasteiger partial charge is 0.262 e. The number of anilines is 1. The quantitative estimate of drug-likeness (QED) is 0.878. The van der Waals surface area contributed by atoms with Crippen molar-refractivity contribution < 1.29 is 0 Å². The Morgan fingerprint density at radius 1 is 1.26 bits per heavy atom. The molecule has 3 heterocycles. The number of fused-ring (bicyclic) bond motifs is 4. The van der Waals surface area contributed by atoms with Crippen molar-refractivity contribution in [2.75, 3.05) is 11.4 Å². The van der Waals surface area contributed by atoms with Gasteiger partial charge in [-0.2, -0.15) is 0 Å². The molecule has 2 unspecified atom stereocenters. The van der Waals surface area contributed by atoms with Crippen molar-refractivity contribution in [3.05, 3.63) is 33.6 Å². The monoisotopic (exact) mass is 312 g/mol. The normalized spacial score (nSPS) is 21.9. The Hall–Kier alpha value is -1.88. The minimum Gasteiger partial charge on any atom is -0.339 e. The van der Waals surface area contributed by atoms with Gasteiger partial charge in [0.15, 0.2) is 0 Å². The topological polar surface area (TPSA) is 64.1 Å². The number of piperidine rings is 1. The lowest BCUT2D eigenvalue weighted by molar-refractivity contribution is 0.372. The molecule has 2 aliphatic rings. The van der Waals surface area contributed by atoms with E-state index in [1.165, 1.54) is 19.3 Å². The zero-order chi connectivity index (χ0) is 16.1. The summed E-state index contributed by atoms with van der Waals surface area (Å²) in [5.74, 6) is 0.851. The molecule has 0 spiro atoms. The molecule has 23 heavy (non-hydrogen) atoms. The Morgan fingerprint density at radius 3 is 2.87 bits per heavy atom. The lowest BCUT2D eigenvalue weighted by Crippen LogP contribution is -2.48. The first-order valence-electron chi connectivity index (χ1n) is 8.63. The van der Waals surface area contributed by atoms with Crippen LogP contribution in [0.2, 0.25) is 0 Å². The fraction of sp³-hybridized carbons (Fsp3) is 0.556. The van der Waals surface area contributed by atoms with E-state index in [2.05, 4.69) is 11.0 Å². The highest BCUT2D eigenvalue weighted by Crippen LogP contribution is 2.31. The third-order valence-corrected chi connectivity index (χ3v) is 5.27. The van der Waals surface area contributed by atoms with E-state index >= 15 is 0 Å². The number of nitrogens with zero attached hydrogens (tertiary/aromatic N) is 3. The van der Waals surface area contributed by atoms with E-state index in [1.807, 2.05) is 24.5 Å². The van der Waals surface area contributed by atoms with Gasteiger partial charge in [0.25, 0.3) is 5.56 Å². The van der Waals surface area contributed by atoms with Crippen LogP contribution < -0.4 is 16.2 Å². The van der Waals surface area contributed by atoms with Crippen LogP contribution in [0.25, 0.3) is 10.9 Å². The molecule has 2 atom stereocenters. The Balaban J connectivity index is 2.00. The number of aromatic nitrogens is 2. The van der Waals surface area contributed by atoms with Crippen LogP contribution in [-0.4, -0.2) is 22.1 Å². The molecular formula is C18H24N4O. The van der Waals surface area contributed by atoms with Crippen molar-refractivity contribution in [2.24, 2.45) is 5.73 Å². The molecule has 0 radical (unpaired) electrons. The Bertz CT molecular complexity index is 824. The molecule has 5 heteroatoms. The van der Waals surface area contributed by atoms with Crippen molar-refractivity contribution in [1.82, 2.24) is 9.55 Å². The van der Waals surface area contributed by atoms with Crippen molar-refractivity contribution in [1.29, 1.82) is 0 Å². The van der Waals surface area contributed by atoms with Gasteiger partial charge in [-0.05, 0) is 56.7 Å². The summed E-state index contributed by atoms with van der Waals surface area (Å²) < 4.78 is 1.87. The number of hydrogen-bond donors (Lipinski definition) is 1. The molecule has 2 aromatic rings. The number of hydrogen-bond acceptors (Lipinski definition) is 4. The maximum absolute atomic E-state index is 13.0. The van der Waals surface area contributed by atoms with Crippen LogP contribution in [0.1, 0.15) is 49.8 Å². The molecular weight excluding hydrogens is 288 g/mol. The van der Waals surface area contributed by atoms with Gasteiger partial charge in [0.2, 0.25) is 5.95 Å². The van der Waals surface area contributed by atoms with E-state index in [0.717, 1.165) is 42.1 Å². The number of benzene rings is 1. The van der Waals surface area contributed by atoms with Gasteiger partial charge < -0.3 is 10.6 Å². The van der Waals surface area contributed by atoms with Gasteiger partial charge in [0, 0.05) is 25.2 Å². The maximum Gasteiger partial charge on any atom is 0.262 e. The summed E-state index contributed by atoms with van der Waals surface area (Å²) in [5, 5.41) is 0.705. The van der Waals surface area contributed by atoms with Crippen molar-refractivity contribution in [2.45, 2.75) is 58.2 Å². The van der Waals surface area contributed by atoms with Crippen LogP contribution in [0.5, 0.6) is 0 Å². The first-order valence-corrected chi connectivity index (χ1v) is 8.63. The second kappa shape index (κ2) is 5.34. The molecule has 1 saturated heterocycles. The molecule has 122 valence electrons. The lowest BCUT2D eigenvalue weighted by atomic mass is 9.97. The molecule has 5 nitrogen and oxygen atoms in total. The van der Waals surface area contributed by atoms with Gasteiger partial charge in [-0.3, -0.25) is 9.36 Å². The lowest BCUT2D eigenvalue weighted by Gasteiger charge is -2.41. The van der Waals surface area contributed by atoms with Crippen molar-refractivity contribution in [3.8, 4) is 0 Å². The molecule has 1 aromatic heterocycles. The third-order valence-electron chi connectivity index (χ3n) is 5.27. The summed E-state index contributed by atoms with van der Waals surface area (Å²) in [6.45, 7) is 5.74. The highest BCUT2D eigenvalue weighted by molar-refractivity contribution is 5.83. The minimum absolute atomic E-state index is 0.0830. The first kappa shape index (κ1) is 14.7. The standard InChI is InChI=1S/C18H24N4O/c1-11-9-14(12(2)19)16-15(10-11)17(23)22-8-6-13-5-3-4-7-21(13)18(22)20-16/h9-10,12-13H,3-8,19H2,1-2H3. The second-order valence-electron chi connectivity index (χ2n) is 7.04. The molecule has 0 amide bonds. The molecule has 4 rings (SSSR count). The SMILES string of the molecule is Cc1cc(C(C)N)c2nc3n(c(=O)c2c1)CCC1CCCCN31. The largest absolute Gasteiger partial charge is 0.339 e. The number of nitrogens with two attached hydrogens (primary N) is 1. The predicted molar refractivity (Wildman–Crippen MR) is 92.9 cm³/mol. The van der Waals surface area contributed by atoms with E-state index in [0.29, 0.717) is 11.4 Å². The van der Waals surface area contributed by atoms with E-state index in [9.17, 15) is 4.79 Å². The fourth-order valence-corrected chi connectivity index (χ4v) is 4.10. The molecule has 1 fully saturated rings. The van der Waals surface area contributed by atoms with E-state index < -0.39 is 0 Å². The van der Waals surface area contributed by atoms with Crippen LogP contribution in [-0.2, 0) is 6.54 Å². The summed E-state index contributed by atoms with van der Waals surface area (Å²) in [7, 11) is 0. The maximum atomic E-state index is 13.0. The van der Waals surface area contributed by atoms with Gasteiger partial charge in [-0.1, -0.05) is 6.07 Å². The van der Waals surface area contributed by atoms with Gasteiger partial charge >= 0.3 is 0 Å². The highest BCUT2D eigenvalue weighted by Gasteiger charge is 2.31. The summed E-state index contributed by atoms with van der Waals surface area (Å²) in [6, 6.07) is 4.42. The average Bonchev–Trinajstić information content (AvgIpc) is 2.55. The van der Waals surface area contributed by atoms with Crippen LogP contribution in [0, 0.1) is 6.92 Å². The van der Waals surface area contributed by atoms with Crippen LogP contribution >= 0.6 is 0 Å². The van der Waals surface area contributed by atoms with Crippen LogP contribution in [0.4, 0.5) is 5.95 Å². The molecule has 0 saturated carbocycles. The highest BCUT2D eigenvalue weighted by atomic mass is 16.1. The zero-order valence-corrected chi connectivity index (χ0v) is 13.9. The van der Waals surface area contributed by atoms with Gasteiger partial charge in [-0.15, -0.1) is 0 Å². The van der Waals surface area contributed by atoms with Crippen LogP contribution in [0.3, 0.4) is 0 Å². The summed E-state index contributed by atoms with van der Waals surface area (Å²) in [5.41, 5.74) is 9.05. The Labute approximate surface area is 136 Å². The Morgan fingerprint density at radius 2 is 2.09 bits per heavy atom. The number of aryl methyl sites for hydroxylation is 1. The minimum atomic E-state index is -0.131. The van der Waals surface area contributed by atoms with E-state index in [4.69, 9.17) is 10.7 Å². The average molecular weight is 312 g/mol. The van der Waals surface area contributed by atoms with Crippen molar-refractivity contribution in [3.63, 3.8) is 0 Å². The van der Waals surface area contributed by atoms with E-state index in [-0.39, 0.29) is 11.6 Å². The first-order chi connectivity index (χ1) is 11.1. The van der Waals surface area contributed by atoms with Crippen LogP contribution in [0.15, 0.2) is 16.9 Å². The summed E-state index contributed by atoms with van der Waals surface area (Å²) in [6.07, 6.45) is 4.72. The summed E-state index contributed by atoms with van der Waals surface area (Å²) in [4.78, 5) is 20.3. The molecule has 0 bridgehead atoms. The van der Waals surface area contributed by atoms with Gasteiger partial charge in [-0.25, -0.2) is 4.98 Å². The van der Waals surface area contributed by atoms with E-state index in [1.54, 1.807) is 0 Å². The molecule has 0 aliphatic carbocycles. The summed E-state index contributed by atoms with van der Waals surface area (Å²) >= 11 is 0. The third kappa shape index (κ3) is 2.26. The van der Waals surface area contributed by atoms with Crippen molar-refractivity contribution >= 4 is 16.9 Å². The fourth-order valence-electron chi connectivity index (χ4n) is 4.10. The Kier molecular flexibility index (Phi) is 3.41. The zero-order valence-electron chi connectivity index (χ0n) is 13.9. The number of rotatable bonds is 1. The predicted octanol–water partition coefficient (Wildman–Crippen LogP) is 2.49. The molecule has 2 N–H and O–H groups in total. The molecule has 1 aromatic carbocycles. The van der Waals surface area contributed by atoms with Gasteiger partial charge in [0.05, 0.1) is 10.9 Å².